The van der Waals surface area contributed by atoms with Crippen molar-refractivity contribution in [3.63, 3.8) is 0 Å². The molecular formula is C20H26Te2. The van der Waals surface area contributed by atoms with Gasteiger partial charge in [0.1, 0.15) is 0 Å². The van der Waals surface area contributed by atoms with E-state index in [9.17, 15) is 0 Å². The van der Waals surface area contributed by atoms with Gasteiger partial charge < -0.3 is 0 Å². The second-order valence-corrected chi connectivity index (χ2v) is 16.0. The van der Waals surface area contributed by atoms with Crippen LogP contribution in [-0.4, -0.2) is 34.1 Å². The fourth-order valence-electron chi connectivity index (χ4n) is 2.69. The summed E-state index contributed by atoms with van der Waals surface area (Å²) in [6.07, 6.45) is 0. The molecule has 0 aliphatic rings. The summed E-state index contributed by atoms with van der Waals surface area (Å²) in [5, 5.41) is 0. The molecule has 0 amide bonds. The van der Waals surface area contributed by atoms with Crippen LogP contribution in [0.1, 0.15) is 44.5 Å². The predicted octanol–water partition coefficient (Wildman–Crippen LogP) is 3.43. The molecular weight excluding hydrogens is 495 g/mol. The van der Waals surface area contributed by atoms with Gasteiger partial charge in [-0.15, -0.1) is 0 Å². The Morgan fingerprint density at radius 2 is 0.682 bits per heavy atom. The van der Waals surface area contributed by atoms with Crippen molar-refractivity contribution >= 4 is 41.3 Å². The van der Waals surface area contributed by atoms with Crippen LogP contribution in [0.25, 0.3) is 0 Å². The van der Waals surface area contributed by atoms with Crippen molar-refractivity contribution in [1.82, 2.24) is 0 Å². The number of rotatable bonds is 3. The van der Waals surface area contributed by atoms with Crippen molar-refractivity contribution in [3.05, 3.63) is 56.6 Å². The van der Waals surface area contributed by atoms with Gasteiger partial charge in [0.15, 0.2) is 0 Å². The van der Waals surface area contributed by atoms with E-state index in [2.05, 4.69) is 67.5 Å². The van der Waals surface area contributed by atoms with Crippen LogP contribution in [0.4, 0.5) is 0 Å². The van der Waals surface area contributed by atoms with E-state index in [0.29, 0.717) is 0 Å². The SMILES string of the molecule is Cc1cc(C)c(C)c([Te][Te]c2c(C)c(C)cc(C)c2C)c1C. The van der Waals surface area contributed by atoms with Gasteiger partial charge in [0.2, 0.25) is 0 Å². The molecule has 0 unspecified atom stereocenters. The molecule has 0 aliphatic carbocycles. The van der Waals surface area contributed by atoms with Gasteiger partial charge in [-0.2, -0.15) is 0 Å². The van der Waals surface area contributed by atoms with Crippen LogP contribution in [-0.2, 0) is 0 Å². The molecule has 2 heteroatoms. The summed E-state index contributed by atoms with van der Waals surface area (Å²) in [4.78, 5) is 0. The van der Waals surface area contributed by atoms with E-state index in [1.54, 1.807) is 29.5 Å². The number of hydrogen-bond donors (Lipinski definition) is 0. The summed E-state index contributed by atoms with van der Waals surface area (Å²) in [5.74, 6) is 0. The summed E-state index contributed by atoms with van der Waals surface area (Å²) >= 11 is -0.127. The Morgan fingerprint density at radius 1 is 0.455 bits per heavy atom. The molecule has 0 saturated carbocycles. The van der Waals surface area contributed by atoms with Crippen LogP contribution >= 0.6 is 0 Å². The van der Waals surface area contributed by atoms with E-state index < -0.39 is 0 Å². The molecule has 0 saturated heterocycles. The zero-order chi connectivity index (χ0) is 16.6. The van der Waals surface area contributed by atoms with Crippen LogP contribution in [0.5, 0.6) is 0 Å². The Bertz CT molecular complexity index is 611. The first-order valence-corrected chi connectivity index (χ1v) is 17.4. The second-order valence-electron chi connectivity index (χ2n) is 6.35. The minimum absolute atomic E-state index is 0.0637. The maximum absolute atomic E-state index is 2.36. The average molecular weight is 522 g/mol. The van der Waals surface area contributed by atoms with Crippen molar-refractivity contribution in [2.24, 2.45) is 0 Å². The van der Waals surface area contributed by atoms with Crippen molar-refractivity contribution < 1.29 is 0 Å². The fraction of sp³-hybridized carbons (Fsp3) is 0.400. The first-order chi connectivity index (χ1) is 10.2. The third-order valence-corrected chi connectivity index (χ3v) is 17.5. The molecule has 0 fully saturated rings. The van der Waals surface area contributed by atoms with Crippen molar-refractivity contribution in [1.29, 1.82) is 0 Å². The first kappa shape index (κ1) is 18.4. The molecule has 0 atom stereocenters. The standard InChI is InChI=1S/C20H26Te2/c1-11-9-12(2)16(6)19(15(11)5)21-22-20-17(7)13(3)10-14(4)18(20)8/h9-10H,1-8H3. The molecule has 0 aliphatic heterocycles. The molecule has 2 aromatic carbocycles. The molecule has 0 radical (unpaired) electrons. The third-order valence-electron chi connectivity index (χ3n) is 4.80. The summed E-state index contributed by atoms with van der Waals surface area (Å²) in [6, 6.07) is 4.71. The van der Waals surface area contributed by atoms with Crippen molar-refractivity contribution in [2.45, 2.75) is 55.4 Å². The number of hydrogen-bond acceptors (Lipinski definition) is 0. The van der Waals surface area contributed by atoms with Crippen LogP contribution in [0.3, 0.4) is 0 Å². The van der Waals surface area contributed by atoms with Crippen molar-refractivity contribution in [3.8, 4) is 0 Å². The Hall–Kier alpha value is 0.0192. The van der Waals surface area contributed by atoms with Gasteiger partial charge in [0.25, 0.3) is 0 Å². The van der Waals surface area contributed by atoms with E-state index in [1.165, 1.54) is 22.3 Å². The molecule has 22 heavy (non-hydrogen) atoms. The zero-order valence-corrected chi connectivity index (χ0v) is 19.6. The predicted molar refractivity (Wildman–Crippen MR) is 102 cm³/mol. The zero-order valence-electron chi connectivity index (χ0n) is 15.0. The van der Waals surface area contributed by atoms with E-state index in [-0.39, 0.29) is 34.1 Å². The van der Waals surface area contributed by atoms with Crippen LogP contribution in [0.15, 0.2) is 12.1 Å². The van der Waals surface area contributed by atoms with Gasteiger partial charge in [-0.1, -0.05) is 0 Å². The van der Waals surface area contributed by atoms with E-state index in [0.717, 1.165) is 0 Å². The van der Waals surface area contributed by atoms with Gasteiger partial charge in [0, 0.05) is 0 Å². The Kier molecular flexibility index (Phi) is 6.07. The van der Waals surface area contributed by atoms with Gasteiger partial charge in [0.05, 0.1) is 0 Å². The monoisotopic (exact) mass is 526 g/mol. The van der Waals surface area contributed by atoms with Gasteiger partial charge in [-0.25, -0.2) is 0 Å². The second kappa shape index (κ2) is 7.28. The fourth-order valence-corrected chi connectivity index (χ4v) is 19.2. The van der Waals surface area contributed by atoms with E-state index >= 15 is 0 Å². The summed E-state index contributed by atoms with van der Waals surface area (Å²) in [6.45, 7) is 18.4. The molecule has 2 rings (SSSR count). The third kappa shape index (κ3) is 3.57. The van der Waals surface area contributed by atoms with Crippen LogP contribution in [0.2, 0.25) is 0 Å². The number of benzene rings is 2. The molecule has 2 aromatic rings. The normalized spacial score (nSPS) is 11.1. The molecule has 0 N–H and O–H groups in total. The first-order valence-electron chi connectivity index (χ1n) is 7.73. The van der Waals surface area contributed by atoms with Crippen molar-refractivity contribution in [2.75, 3.05) is 0 Å². The van der Waals surface area contributed by atoms with E-state index in [1.807, 2.05) is 0 Å². The Balaban J connectivity index is 2.40. The Labute approximate surface area is 152 Å². The minimum atomic E-state index is -0.0637. The average Bonchev–Trinajstić information content (AvgIpc) is 2.46. The maximum atomic E-state index is 2.36. The van der Waals surface area contributed by atoms with Gasteiger partial charge in [-0.3, -0.25) is 0 Å². The summed E-state index contributed by atoms with van der Waals surface area (Å²) in [7, 11) is 0. The molecule has 0 heterocycles. The molecule has 0 nitrogen and oxygen atoms in total. The molecule has 0 spiro atoms. The summed E-state index contributed by atoms with van der Waals surface area (Å²) in [5.41, 5.74) is 12.2. The topological polar surface area (TPSA) is 0 Å². The summed E-state index contributed by atoms with van der Waals surface area (Å²) < 4.78 is 3.48. The van der Waals surface area contributed by atoms with Crippen LogP contribution in [0, 0.1) is 55.4 Å². The van der Waals surface area contributed by atoms with E-state index in [4.69, 9.17) is 0 Å². The van der Waals surface area contributed by atoms with Gasteiger partial charge >= 0.3 is 153 Å². The number of aryl methyl sites for hydroxylation is 4. The molecule has 0 bridgehead atoms. The molecule has 0 aromatic heterocycles. The quantitative estimate of drug-likeness (QED) is 0.543. The Morgan fingerprint density at radius 3 is 0.909 bits per heavy atom. The molecule has 118 valence electrons. The van der Waals surface area contributed by atoms with Gasteiger partial charge in [-0.05, 0) is 0 Å². The van der Waals surface area contributed by atoms with Crippen LogP contribution < -0.4 is 7.22 Å².